The van der Waals surface area contributed by atoms with E-state index in [1.54, 1.807) is 8.87 Å². The molecule has 1 aliphatic carbocycles. The van der Waals surface area contributed by atoms with E-state index in [1.165, 1.54) is 49.4 Å². The second-order valence-electron chi connectivity index (χ2n) is 8.95. The Labute approximate surface area is 166 Å². The van der Waals surface area contributed by atoms with E-state index in [9.17, 15) is 0 Å². The molecule has 1 fully saturated rings. The van der Waals surface area contributed by atoms with Gasteiger partial charge in [0.2, 0.25) is 0 Å². The first-order valence-corrected chi connectivity index (χ1v) is 20.4. The molecule has 1 nitrogen and oxygen atoms in total. The molecule has 1 radical (unpaired) electrons. The topological polar surface area (TPSA) is 9.23 Å². The van der Waals surface area contributed by atoms with Crippen LogP contribution in [0.2, 0.25) is 33.0 Å². The molecule has 1 rings (SSSR count). The molecule has 0 aliphatic heterocycles. The Kier molecular flexibility index (Phi) is 11.4. The van der Waals surface area contributed by atoms with Crippen molar-refractivity contribution in [1.29, 1.82) is 0 Å². The summed E-state index contributed by atoms with van der Waals surface area (Å²) < 4.78 is 11.3. The van der Waals surface area contributed by atoms with E-state index in [2.05, 4.69) is 52.3 Å². The van der Waals surface area contributed by atoms with E-state index in [0.717, 1.165) is 12.8 Å². The zero-order valence-electron chi connectivity index (χ0n) is 18.0. The predicted molar refractivity (Wildman–Crippen MR) is 117 cm³/mol. The van der Waals surface area contributed by atoms with Crippen LogP contribution < -0.4 is 0 Å². The Morgan fingerprint density at radius 1 is 1.00 bits per heavy atom. The fourth-order valence-corrected chi connectivity index (χ4v) is 15.1. The van der Waals surface area contributed by atoms with Crippen LogP contribution in [-0.4, -0.2) is 33.7 Å². The molecule has 0 spiro atoms. The van der Waals surface area contributed by atoms with Gasteiger partial charge in [-0.1, -0.05) is 0 Å². The van der Waals surface area contributed by atoms with E-state index in [4.69, 9.17) is 4.43 Å². The molecule has 0 N–H and O–H groups in total. The van der Waals surface area contributed by atoms with Gasteiger partial charge in [0.1, 0.15) is 0 Å². The van der Waals surface area contributed by atoms with Crippen molar-refractivity contribution in [2.45, 2.75) is 117 Å². The number of hydrogen-bond donors (Lipinski definition) is 0. The molecule has 0 amide bonds. The van der Waals surface area contributed by atoms with Gasteiger partial charge in [-0.25, -0.2) is 0 Å². The molecule has 1 unspecified atom stereocenters. The molecule has 0 bridgehead atoms. The second kappa shape index (κ2) is 12.1. The van der Waals surface area contributed by atoms with Gasteiger partial charge in [-0.3, -0.25) is 0 Å². The van der Waals surface area contributed by atoms with Crippen LogP contribution in [-0.2, 0) is 4.43 Å². The van der Waals surface area contributed by atoms with Gasteiger partial charge in [-0.15, -0.1) is 0 Å². The van der Waals surface area contributed by atoms with Crippen LogP contribution in [0, 0.1) is 17.8 Å². The van der Waals surface area contributed by atoms with Crippen LogP contribution >= 0.6 is 0 Å². The quantitative estimate of drug-likeness (QED) is 0.228. The maximum absolute atomic E-state index is 6.60. The normalized spacial score (nSPS) is 18.2. The van der Waals surface area contributed by atoms with Gasteiger partial charge in [0.05, 0.1) is 0 Å². The predicted octanol–water partition coefficient (Wildman–Crippen LogP) is 7.28. The maximum atomic E-state index is 6.60. The Morgan fingerprint density at radius 3 is 2.00 bits per heavy atom. The number of rotatable bonds is 11. The molecule has 0 heterocycles. The summed E-state index contributed by atoms with van der Waals surface area (Å²) in [6.45, 7) is 14.0. The van der Waals surface area contributed by atoms with Gasteiger partial charge < -0.3 is 0 Å². The van der Waals surface area contributed by atoms with Gasteiger partial charge in [0.15, 0.2) is 0 Å². The zero-order chi connectivity index (χ0) is 18.8. The van der Waals surface area contributed by atoms with Crippen LogP contribution in [0.15, 0.2) is 0 Å². The Bertz CT molecular complexity index is 404. The van der Waals surface area contributed by atoms with E-state index >= 15 is 0 Å². The molecule has 0 saturated heterocycles. The second-order valence-corrected chi connectivity index (χ2v) is 21.7. The third-order valence-corrected chi connectivity index (χ3v) is 15.3. The Hall–Kier alpha value is 0.536. The first-order chi connectivity index (χ1) is 11.8. The monoisotopic (exact) mass is 471 g/mol. The summed E-state index contributed by atoms with van der Waals surface area (Å²) in [5.41, 5.74) is -0.0890. The van der Waals surface area contributed by atoms with Crippen molar-refractivity contribution in [1.82, 2.24) is 0 Å². The van der Waals surface area contributed by atoms with Crippen molar-refractivity contribution in [3.63, 3.8) is 0 Å². The van der Waals surface area contributed by atoms with Crippen molar-refractivity contribution in [2.75, 3.05) is 0 Å². The Balaban J connectivity index is 2.75. The van der Waals surface area contributed by atoms with Crippen LogP contribution in [0.1, 0.15) is 78.6 Å². The molecule has 1 atom stereocenters. The van der Waals surface area contributed by atoms with Crippen molar-refractivity contribution in [3.05, 3.63) is 0 Å². The Morgan fingerprint density at radius 2 is 1.56 bits per heavy atom. The SMILES string of the molecule is CCC[CH2][Sn]([CH2]CCC)[CH2]C(C#CC1(O[Si](C)(C)C)CCCC1)CC. The van der Waals surface area contributed by atoms with Crippen molar-refractivity contribution >= 4 is 28.1 Å². The van der Waals surface area contributed by atoms with Gasteiger partial charge in [-0.2, -0.15) is 0 Å². The molecule has 25 heavy (non-hydrogen) atoms. The summed E-state index contributed by atoms with van der Waals surface area (Å²) in [5, 5.41) is 0. The minimum absolute atomic E-state index is 0.0890. The van der Waals surface area contributed by atoms with Crippen LogP contribution in [0.25, 0.3) is 0 Å². The summed E-state index contributed by atoms with van der Waals surface area (Å²) in [4.78, 5) is 0. The van der Waals surface area contributed by atoms with Crippen molar-refractivity contribution < 1.29 is 4.43 Å². The first kappa shape index (κ1) is 23.6. The summed E-state index contributed by atoms with van der Waals surface area (Å²) in [6, 6.07) is 0. The van der Waals surface area contributed by atoms with Gasteiger partial charge >= 0.3 is 167 Å². The average molecular weight is 470 g/mol. The molecule has 3 heteroatoms. The summed E-state index contributed by atoms with van der Waals surface area (Å²) >= 11 is -1.23. The fraction of sp³-hybridized carbons (Fsp3) is 0.909. The van der Waals surface area contributed by atoms with Gasteiger partial charge in [-0.05, 0) is 0 Å². The molecule has 145 valence electrons. The van der Waals surface area contributed by atoms with Gasteiger partial charge in [0, 0.05) is 0 Å². The van der Waals surface area contributed by atoms with Crippen LogP contribution in [0.3, 0.4) is 0 Å². The average Bonchev–Trinajstić information content (AvgIpc) is 3.00. The molecular weight excluding hydrogens is 427 g/mol. The van der Waals surface area contributed by atoms with E-state index in [1.807, 2.05) is 0 Å². The summed E-state index contributed by atoms with van der Waals surface area (Å²) in [7, 11) is -1.53. The van der Waals surface area contributed by atoms with E-state index in [-0.39, 0.29) is 5.60 Å². The first-order valence-electron chi connectivity index (χ1n) is 10.9. The van der Waals surface area contributed by atoms with Gasteiger partial charge in [0.25, 0.3) is 0 Å². The zero-order valence-corrected chi connectivity index (χ0v) is 21.8. The van der Waals surface area contributed by atoms with Crippen LogP contribution in [0.4, 0.5) is 0 Å². The minimum atomic E-state index is -1.53. The molecular formula is C22H43OSiSn. The molecule has 1 aliphatic rings. The third-order valence-electron chi connectivity index (χ3n) is 5.21. The van der Waals surface area contributed by atoms with E-state index < -0.39 is 28.1 Å². The third kappa shape index (κ3) is 9.87. The number of unbranched alkanes of at least 4 members (excludes halogenated alkanes) is 2. The van der Waals surface area contributed by atoms with Crippen molar-refractivity contribution in [3.8, 4) is 11.8 Å². The molecule has 1 saturated carbocycles. The molecule has 0 aromatic heterocycles. The summed E-state index contributed by atoms with van der Waals surface area (Å²) in [5.74, 6) is 8.11. The standard InChI is InChI=1S/C14H25OSi.2C4H9.Sn/c1-6-13(2)9-12-14(10-7-8-11-14)15-16(3,4)5;2*1-3-4-2;/h13H,2,6-8,10-11H2,1,3-5H3;2*1,3-4H2,2H3;. The number of hydrogen-bond acceptors (Lipinski definition) is 1. The fourth-order valence-electron chi connectivity index (χ4n) is 3.85. The van der Waals surface area contributed by atoms with E-state index in [0.29, 0.717) is 5.92 Å². The van der Waals surface area contributed by atoms with Crippen LogP contribution in [0.5, 0.6) is 0 Å². The molecule has 0 aromatic carbocycles. The molecule has 0 aromatic rings. The summed E-state index contributed by atoms with van der Waals surface area (Å²) in [6.07, 6.45) is 11.8. The van der Waals surface area contributed by atoms with Crippen molar-refractivity contribution in [2.24, 2.45) is 5.92 Å².